The first-order valence-electron chi connectivity index (χ1n) is 8.65. The summed E-state index contributed by atoms with van der Waals surface area (Å²) >= 11 is 0. The van der Waals surface area contributed by atoms with E-state index in [0.717, 1.165) is 51.7 Å². The summed E-state index contributed by atoms with van der Waals surface area (Å²) in [7, 11) is 1.74. The molecule has 3 rings (SSSR count). The van der Waals surface area contributed by atoms with Gasteiger partial charge in [0.15, 0.2) is 0 Å². The Bertz CT molecular complexity index is 642. The number of ether oxygens (including phenoxy) is 1. The van der Waals surface area contributed by atoms with E-state index in [1.807, 2.05) is 24.8 Å². The maximum Gasteiger partial charge on any atom is 0.122 e. The number of nitrogens with zero attached hydrogens (tertiary/aromatic N) is 5. The number of methoxy groups -OCH3 is 1. The molecule has 2 aromatic rings. The van der Waals surface area contributed by atoms with Crippen molar-refractivity contribution in [1.29, 1.82) is 0 Å². The highest BCUT2D eigenvalue weighted by Crippen LogP contribution is 2.20. The largest absolute Gasteiger partial charge is 0.383 e. The molecule has 2 aromatic heterocycles. The van der Waals surface area contributed by atoms with Crippen molar-refractivity contribution in [2.24, 2.45) is 0 Å². The molecule has 0 radical (unpaired) electrons. The van der Waals surface area contributed by atoms with Gasteiger partial charge in [-0.2, -0.15) is 0 Å². The average molecular weight is 329 g/mol. The van der Waals surface area contributed by atoms with Gasteiger partial charge in [-0.3, -0.25) is 9.88 Å². The minimum atomic E-state index is 0.721. The molecule has 1 aliphatic rings. The lowest BCUT2D eigenvalue weighted by molar-refractivity contribution is 0.184. The molecular weight excluding hydrogens is 302 g/mol. The predicted octanol–water partition coefficient (Wildman–Crippen LogP) is 1.95. The van der Waals surface area contributed by atoms with E-state index in [9.17, 15) is 0 Å². The molecule has 0 N–H and O–H groups in total. The van der Waals surface area contributed by atoms with Gasteiger partial charge in [-0.1, -0.05) is 0 Å². The second-order valence-corrected chi connectivity index (χ2v) is 6.31. The minimum Gasteiger partial charge on any atom is -0.383 e. The Morgan fingerprint density at radius 3 is 2.92 bits per heavy atom. The molecule has 6 heteroatoms. The number of pyridine rings is 1. The summed E-state index contributed by atoms with van der Waals surface area (Å²) in [6.45, 7) is 8.93. The van der Waals surface area contributed by atoms with Crippen LogP contribution in [0.25, 0.3) is 0 Å². The molecule has 0 bridgehead atoms. The fourth-order valence-electron chi connectivity index (χ4n) is 3.28. The van der Waals surface area contributed by atoms with Crippen LogP contribution in [0.15, 0.2) is 30.9 Å². The molecule has 3 heterocycles. The van der Waals surface area contributed by atoms with Crippen molar-refractivity contribution < 1.29 is 4.74 Å². The van der Waals surface area contributed by atoms with Crippen molar-refractivity contribution in [2.75, 3.05) is 44.8 Å². The molecule has 0 aromatic carbocycles. The van der Waals surface area contributed by atoms with Gasteiger partial charge in [-0.05, 0) is 25.0 Å². The number of aromatic nitrogens is 3. The Morgan fingerprint density at radius 1 is 1.17 bits per heavy atom. The maximum atomic E-state index is 5.18. The number of hydrogen-bond donors (Lipinski definition) is 0. The van der Waals surface area contributed by atoms with Gasteiger partial charge in [0, 0.05) is 70.3 Å². The zero-order valence-corrected chi connectivity index (χ0v) is 14.7. The third kappa shape index (κ3) is 4.13. The highest BCUT2D eigenvalue weighted by Gasteiger charge is 2.18. The standard InChI is InChI=1S/C18H27N5O/c1-16-14-19-5-4-17(16)22-8-3-7-21(10-11-22)15-18-20-6-9-23(18)12-13-24-2/h4-6,9,14H,3,7-8,10-13,15H2,1-2H3. The lowest BCUT2D eigenvalue weighted by Crippen LogP contribution is -2.31. The van der Waals surface area contributed by atoms with Gasteiger partial charge >= 0.3 is 0 Å². The Labute approximate surface area is 144 Å². The summed E-state index contributed by atoms with van der Waals surface area (Å²) in [5.74, 6) is 1.13. The topological polar surface area (TPSA) is 46.4 Å². The summed E-state index contributed by atoms with van der Waals surface area (Å²) in [5, 5.41) is 0. The Morgan fingerprint density at radius 2 is 2.08 bits per heavy atom. The van der Waals surface area contributed by atoms with Gasteiger partial charge in [0.2, 0.25) is 0 Å². The van der Waals surface area contributed by atoms with Gasteiger partial charge in [-0.25, -0.2) is 4.98 Å². The van der Waals surface area contributed by atoms with Crippen molar-refractivity contribution in [3.63, 3.8) is 0 Å². The first-order valence-corrected chi connectivity index (χ1v) is 8.65. The van der Waals surface area contributed by atoms with E-state index in [1.165, 1.54) is 17.7 Å². The Balaban J connectivity index is 1.60. The van der Waals surface area contributed by atoms with Crippen molar-refractivity contribution in [2.45, 2.75) is 26.4 Å². The van der Waals surface area contributed by atoms with Crippen LogP contribution in [-0.2, 0) is 17.8 Å². The zero-order chi connectivity index (χ0) is 16.8. The monoisotopic (exact) mass is 329 g/mol. The summed E-state index contributed by atoms with van der Waals surface area (Å²) in [4.78, 5) is 13.7. The van der Waals surface area contributed by atoms with E-state index < -0.39 is 0 Å². The van der Waals surface area contributed by atoms with E-state index in [1.54, 1.807) is 7.11 Å². The van der Waals surface area contributed by atoms with Crippen LogP contribution in [0.5, 0.6) is 0 Å². The second-order valence-electron chi connectivity index (χ2n) is 6.31. The molecule has 1 saturated heterocycles. The van der Waals surface area contributed by atoms with E-state index in [2.05, 4.69) is 37.3 Å². The maximum absolute atomic E-state index is 5.18. The van der Waals surface area contributed by atoms with Gasteiger partial charge in [0.25, 0.3) is 0 Å². The molecular formula is C18H27N5O. The van der Waals surface area contributed by atoms with E-state index in [-0.39, 0.29) is 0 Å². The number of aryl methyl sites for hydroxylation is 1. The summed E-state index contributed by atoms with van der Waals surface area (Å²) in [5.41, 5.74) is 2.56. The van der Waals surface area contributed by atoms with Crippen LogP contribution in [0.3, 0.4) is 0 Å². The molecule has 24 heavy (non-hydrogen) atoms. The first-order chi connectivity index (χ1) is 11.8. The zero-order valence-electron chi connectivity index (χ0n) is 14.7. The quantitative estimate of drug-likeness (QED) is 0.810. The van der Waals surface area contributed by atoms with Crippen LogP contribution in [0.1, 0.15) is 17.8 Å². The van der Waals surface area contributed by atoms with Gasteiger partial charge < -0.3 is 14.2 Å². The van der Waals surface area contributed by atoms with Gasteiger partial charge in [-0.15, -0.1) is 0 Å². The highest BCUT2D eigenvalue weighted by atomic mass is 16.5. The summed E-state index contributed by atoms with van der Waals surface area (Å²) in [6.07, 6.45) is 8.93. The van der Waals surface area contributed by atoms with Crippen LogP contribution in [0.2, 0.25) is 0 Å². The molecule has 0 aliphatic carbocycles. The van der Waals surface area contributed by atoms with Crippen molar-refractivity contribution in [1.82, 2.24) is 19.4 Å². The molecule has 0 amide bonds. The molecule has 1 aliphatic heterocycles. The van der Waals surface area contributed by atoms with E-state index in [4.69, 9.17) is 4.74 Å². The smallest absolute Gasteiger partial charge is 0.122 e. The molecule has 0 atom stereocenters. The van der Waals surface area contributed by atoms with Gasteiger partial charge in [0.1, 0.15) is 5.82 Å². The predicted molar refractivity (Wildman–Crippen MR) is 95.2 cm³/mol. The van der Waals surface area contributed by atoms with Crippen molar-refractivity contribution >= 4 is 5.69 Å². The Kier molecular flexibility index (Phi) is 5.82. The SMILES string of the molecule is COCCn1ccnc1CN1CCCN(c2ccncc2C)CC1. The third-order valence-electron chi connectivity index (χ3n) is 4.62. The van der Waals surface area contributed by atoms with Crippen LogP contribution in [0.4, 0.5) is 5.69 Å². The van der Waals surface area contributed by atoms with Crippen LogP contribution < -0.4 is 4.90 Å². The summed E-state index contributed by atoms with van der Waals surface area (Å²) < 4.78 is 7.37. The third-order valence-corrected chi connectivity index (χ3v) is 4.62. The van der Waals surface area contributed by atoms with Crippen molar-refractivity contribution in [3.05, 3.63) is 42.2 Å². The molecule has 0 spiro atoms. The molecule has 130 valence electrons. The fraction of sp³-hybridized carbons (Fsp3) is 0.556. The Hall–Kier alpha value is -1.92. The lowest BCUT2D eigenvalue weighted by atomic mass is 10.2. The van der Waals surface area contributed by atoms with E-state index >= 15 is 0 Å². The summed E-state index contributed by atoms with van der Waals surface area (Å²) in [6, 6.07) is 2.13. The second kappa shape index (κ2) is 8.26. The van der Waals surface area contributed by atoms with Crippen LogP contribution in [0, 0.1) is 6.92 Å². The number of anilines is 1. The average Bonchev–Trinajstić information content (AvgIpc) is 2.90. The number of hydrogen-bond acceptors (Lipinski definition) is 5. The highest BCUT2D eigenvalue weighted by molar-refractivity contribution is 5.51. The van der Waals surface area contributed by atoms with Crippen LogP contribution in [-0.4, -0.2) is 59.3 Å². The molecule has 0 unspecified atom stereocenters. The van der Waals surface area contributed by atoms with Crippen LogP contribution >= 0.6 is 0 Å². The van der Waals surface area contributed by atoms with Gasteiger partial charge in [0.05, 0.1) is 13.2 Å². The first kappa shape index (κ1) is 16.9. The molecule has 0 saturated carbocycles. The minimum absolute atomic E-state index is 0.721. The normalized spacial score (nSPS) is 16.3. The molecule has 6 nitrogen and oxygen atoms in total. The number of rotatable bonds is 6. The lowest BCUT2D eigenvalue weighted by Gasteiger charge is -2.25. The molecule has 1 fully saturated rings. The van der Waals surface area contributed by atoms with E-state index in [0.29, 0.717) is 0 Å². The fourth-order valence-corrected chi connectivity index (χ4v) is 3.28. The van der Waals surface area contributed by atoms with Crippen molar-refractivity contribution in [3.8, 4) is 0 Å². The number of imidazole rings is 1.